The van der Waals surface area contributed by atoms with E-state index >= 15 is 0 Å². The van der Waals surface area contributed by atoms with Gasteiger partial charge in [0.05, 0.1) is 6.61 Å². The van der Waals surface area contributed by atoms with Crippen molar-refractivity contribution < 1.29 is 29.3 Å². The summed E-state index contributed by atoms with van der Waals surface area (Å²) in [5.41, 5.74) is 3.28. The third-order valence-corrected chi connectivity index (χ3v) is 5.64. The fraction of sp³-hybridized carbons (Fsp3) is 0.440. The lowest BCUT2D eigenvalue weighted by atomic mass is 9.84. The molecular formula is C25H30O6. The second-order valence-electron chi connectivity index (χ2n) is 8.23. The van der Waals surface area contributed by atoms with Gasteiger partial charge in [0.25, 0.3) is 0 Å². The number of Topliss-reactive ketones (excluding diaryl/α,β-unsaturated/α-hetero) is 1. The third-order valence-electron chi connectivity index (χ3n) is 5.64. The number of ether oxygens (including phenoxy) is 2. The highest BCUT2D eigenvalue weighted by atomic mass is 16.5. The van der Waals surface area contributed by atoms with Crippen LogP contribution in [0.4, 0.5) is 0 Å². The number of fused-ring (bicyclic) bond motifs is 2. The predicted molar refractivity (Wildman–Crippen MR) is 119 cm³/mol. The van der Waals surface area contributed by atoms with Crippen LogP contribution in [0.25, 0.3) is 11.6 Å². The number of carboxylic acids is 1. The van der Waals surface area contributed by atoms with Gasteiger partial charge >= 0.3 is 5.97 Å². The van der Waals surface area contributed by atoms with Crippen LogP contribution in [0.5, 0.6) is 11.5 Å². The lowest BCUT2D eigenvalue weighted by molar-refractivity contribution is -0.134. The van der Waals surface area contributed by atoms with Crippen LogP contribution in [0.15, 0.2) is 35.9 Å². The second-order valence-corrected chi connectivity index (χ2v) is 8.23. The summed E-state index contributed by atoms with van der Waals surface area (Å²) in [6.45, 7) is 8.35. The van der Waals surface area contributed by atoms with Gasteiger partial charge in [-0.1, -0.05) is 26.5 Å². The molecule has 0 aromatic heterocycles. The molecule has 166 valence electrons. The van der Waals surface area contributed by atoms with E-state index in [9.17, 15) is 14.7 Å². The fourth-order valence-corrected chi connectivity index (χ4v) is 4.05. The fourth-order valence-electron chi connectivity index (χ4n) is 4.05. The number of allylic oxidation sites excluding steroid dienone is 1. The zero-order valence-corrected chi connectivity index (χ0v) is 18.1. The van der Waals surface area contributed by atoms with Crippen LogP contribution in [0.1, 0.15) is 57.1 Å². The lowest BCUT2D eigenvalue weighted by Crippen LogP contribution is -2.30. The van der Waals surface area contributed by atoms with Gasteiger partial charge in [-0.15, -0.1) is 0 Å². The first-order chi connectivity index (χ1) is 14.9. The average molecular weight is 427 g/mol. The van der Waals surface area contributed by atoms with E-state index in [1.165, 1.54) is 6.08 Å². The van der Waals surface area contributed by atoms with Crippen molar-refractivity contribution in [2.45, 2.75) is 52.1 Å². The second kappa shape index (κ2) is 9.96. The number of aliphatic hydroxyl groups is 1. The quantitative estimate of drug-likeness (QED) is 0.495. The van der Waals surface area contributed by atoms with Gasteiger partial charge in [-0.05, 0) is 48.5 Å². The van der Waals surface area contributed by atoms with E-state index in [4.69, 9.17) is 14.6 Å². The number of aliphatic hydroxyl groups excluding tert-OH is 1. The van der Waals surface area contributed by atoms with E-state index < -0.39 is 5.97 Å². The predicted octanol–water partition coefficient (Wildman–Crippen LogP) is 4.42. The normalized spacial score (nSPS) is 20.5. The van der Waals surface area contributed by atoms with Gasteiger partial charge in [0.1, 0.15) is 23.2 Å². The van der Waals surface area contributed by atoms with Crippen LogP contribution in [0.2, 0.25) is 0 Å². The number of rotatable bonds is 7. The molecular weight excluding hydrogens is 396 g/mol. The first-order valence-corrected chi connectivity index (χ1v) is 10.8. The summed E-state index contributed by atoms with van der Waals surface area (Å²) in [6, 6.07) is 3.80. The number of ketones is 1. The maximum absolute atomic E-state index is 12.5. The van der Waals surface area contributed by atoms with Crippen molar-refractivity contribution in [3.63, 3.8) is 0 Å². The molecule has 1 heterocycles. The minimum Gasteiger partial charge on any atom is -0.493 e. The van der Waals surface area contributed by atoms with Gasteiger partial charge in [-0.3, -0.25) is 4.79 Å². The molecule has 0 amide bonds. The topological polar surface area (TPSA) is 93.1 Å². The van der Waals surface area contributed by atoms with Crippen molar-refractivity contribution in [1.82, 2.24) is 0 Å². The molecule has 1 aromatic rings. The van der Waals surface area contributed by atoms with Crippen LogP contribution in [-0.2, 0) is 9.59 Å². The average Bonchev–Trinajstić information content (AvgIpc) is 2.82. The van der Waals surface area contributed by atoms with E-state index in [-0.39, 0.29) is 36.4 Å². The Morgan fingerprint density at radius 1 is 1.32 bits per heavy atom. The molecule has 0 saturated carbocycles. The maximum atomic E-state index is 12.5. The van der Waals surface area contributed by atoms with E-state index in [2.05, 4.69) is 6.58 Å². The Balaban J connectivity index is 2.19. The molecule has 0 bridgehead atoms. The first-order valence-electron chi connectivity index (χ1n) is 10.8. The molecule has 2 N–H and O–H groups in total. The largest absolute Gasteiger partial charge is 0.493 e. The van der Waals surface area contributed by atoms with Gasteiger partial charge in [0.2, 0.25) is 0 Å². The molecule has 1 aliphatic heterocycles. The van der Waals surface area contributed by atoms with Crippen LogP contribution in [0.3, 0.4) is 0 Å². The van der Waals surface area contributed by atoms with Gasteiger partial charge in [-0.2, -0.15) is 0 Å². The Hall–Kier alpha value is -2.86. The highest BCUT2D eigenvalue weighted by Crippen LogP contribution is 2.45. The number of benzene rings is 1. The monoisotopic (exact) mass is 426 g/mol. The first kappa shape index (κ1) is 22.8. The summed E-state index contributed by atoms with van der Waals surface area (Å²) in [7, 11) is 0. The minimum atomic E-state index is -1.20. The number of carbonyl (C=O) groups excluding carboxylic acids is 1. The molecule has 2 aliphatic rings. The van der Waals surface area contributed by atoms with Crippen molar-refractivity contribution in [2.75, 3.05) is 13.2 Å². The van der Waals surface area contributed by atoms with E-state index in [1.54, 1.807) is 6.08 Å². The molecule has 1 aromatic carbocycles. The Morgan fingerprint density at radius 2 is 2.06 bits per heavy atom. The molecule has 1 unspecified atom stereocenters. The van der Waals surface area contributed by atoms with E-state index in [1.807, 2.05) is 26.0 Å². The molecule has 0 spiro atoms. The minimum absolute atomic E-state index is 0.0491. The van der Waals surface area contributed by atoms with Crippen LogP contribution >= 0.6 is 0 Å². The summed E-state index contributed by atoms with van der Waals surface area (Å²) in [4.78, 5) is 24.3. The zero-order chi connectivity index (χ0) is 22.5. The lowest BCUT2D eigenvalue weighted by Gasteiger charge is -2.33. The SMILES string of the molecule is C=Cc1cc2c(cc1OCCCO)OC(C(C)C)C1=C2CCCCC(=O)/C(C(=O)O)=C\1. The number of carboxylic acid groups (broad SMARTS) is 1. The molecule has 0 fully saturated rings. The highest BCUT2D eigenvalue weighted by molar-refractivity contribution is 6.17. The standard InChI is InChI=1S/C25H30O6/c1-4-16-12-18-17-8-5-6-9-21(27)20(25(28)29)13-19(17)24(15(2)3)31-23(18)14-22(16)30-11-7-10-26/h4,12-15,24,26H,1,5-11H2,2-3H3,(H,28,29)/b20-13+. The van der Waals surface area contributed by atoms with E-state index in [0.717, 1.165) is 35.1 Å². The molecule has 6 nitrogen and oxygen atoms in total. The molecule has 1 atom stereocenters. The summed E-state index contributed by atoms with van der Waals surface area (Å²) in [6.07, 6.45) is 5.77. The summed E-state index contributed by atoms with van der Waals surface area (Å²) in [5.74, 6) is -0.162. The van der Waals surface area contributed by atoms with Crippen molar-refractivity contribution >= 4 is 23.4 Å². The maximum Gasteiger partial charge on any atom is 0.339 e. The Bertz CT molecular complexity index is 938. The number of hydrogen-bond acceptors (Lipinski definition) is 5. The number of aliphatic carboxylic acids is 1. The molecule has 6 heteroatoms. The summed E-state index contributed by atoms with van der Waals surface area (Å²) < 4.78 is 12.2. The zero-order valence-electron chi connectivity index (χ0n) is 18.1. The van der Waals surface area contributed by atoms with Crippen molar-refractivity contribution in [3.8, 4) is 11.5 Å². The van der Waals surface area contributed by atoms with Crippen LogP contribution in [0, 0.1) is 5.92 Å². The summed E-state index contributed by atoms with van der Waals surface area (Å²) in [5, 5.41) is 18.7. The van der Waals surface area contributed by atoms with Crippen molar-refractivity contribution in [2.24, 2.45) is 5.92 Å². The molecule has 0 saturated heterocycles. The Morgan fingerprint density at radius 3 is 2.71 bits per heavy atom. The van der Waals surface area contributed by atoms with Crippen LogP contribution < -0.4 is 9.47 Å². The highest BCUT2D eigenvalue weighted by Gasteiger charge is 2.33. The molecule has 3 rings (SSSR count). The van der Waals surface area contributed by atoms with Gasteiger partial charge in [0.15, 0.2) is 5.78 Å². The molecule has 31 heavy (non-hydrogen) atoms. The Kier molecular flexibility index (Phi) is 7.33. The Labute approximate surface area is 182 Å². The number of carbonyl (C=O) groups is 2. The molecule has 1 aliphatic carbocycles. The third kappa shape index (κ3) is 4.90. The van der Waals surface area contributed by atoms with E-state index in [0.29, 0.717) is 30.9 Å². The number of hydrogen-bond donors (Lipinski definition) is 2. The van der Waals surface area contributed by atoms with Gasteiger partial charge in [0, 0.05) is 36.6 Å². The van der Waals surface area contributed by atoms with Crippen molar-refractivity contribution in [3.05, 3.63) is 47.1 Å². The van der Waals surface area contributed by atoms with Crippen LogP contribution in [-0.4, -0.2) is 41.3 Å². The summed E-state index contributed by atoms with van der Waals surface area (Å²) >= 11 is 0. The smallest absolute Gasteiger partial charge is 0.339 e. The van der Waals surface area contributed by atoms with Gasteiger partial charge in [-0.25, -0.2) is 4.79 Å². The van der Waals surface area contributed by atoms with Gasteiger partial charge < -0.3 is 19.7 Å². The molecule has 0 radical (unpaired) electrons. The van der Waals surface area contributed by atoms with Crippen molar-refractivity contribution in [1.29, 1.82) is 0 Å².